The highest BCUT2D eigenvalue weighted by Crippen LogP contribution is 2.25. The first-order valence-corrected chi connectivity index (χ1v) is 8.94. The fraction of sp³-hybridized carbons (Fsp3) is 0.0870. The molecule has 0 spiro atoms. The fourth-order valence-corrected chi connectivity index (χ4v) is 2.86. The highest BCUT2D eigenvalue weighted by molar-refractivity contribution is 7.78. The van der Waals surface area contributed by atoms with E-state index >= 15 is 0 Å². The molecular weight excluding hydrogens is 376 g/mol. The van der Waals surface area contributed by atoms with E-state index in [4.69, 9.17) is 0 Å². The Morgan fingerprint density at radius 3 is 2.18 bits per heavy atom. The summed E-state index contributed by atoms with van der Waals surface area (Å²) < 4.78 is 27.9. The molecule has 0 saturated heterocycles. The fourth-order valence-electron chi connectivity index (χ4n) is 2.77. The Bertz CT molecular complexity index is 1110. The third-order valence-electron chi connectivity index (χ3n) is 4.20. The lowest BCUT2D eigenvalue weighted by Crippen LogP contribution is -1.90. The Balaban J connectivity index is 1.96. The van der Waals surface area contributed by atoms with Crippen molar-refractivity contribution in [1.29, 1.82) is 0 Å². The van der Waals surface area contributed by atoms with E-state index in [2.05, 4.69) is 29.1 Å². The molecule has 0 heterocycles. The maximum Gasteiger partial charge on any atom is 0.153 e. The van der Waals surface area contributed by atoms with E-state index in [1.165, 1.54) is 0 Å². The Kier molecular flexibility index (Phi) is 5.96. The monoisotopic (exact) mass is 391 g/mol. The van der Waals surface area contributed by atoms with Crippen molar-refractivity contribution in [2.75, 3.05) is 0 Å². The zero-order valence-corrected chi connectivity index (χ0v) is 15.8. The van der Waals surface area contributed by atoms with Crippen molar-refractivity contribution in [2.45, 2.75) is 13.3 Å². The molecule has 0 aliphatic carbocycles. The van der Waals surface area contributed by atoms with Gasteiger partial charge in [-0.15, -0.1) is 0 Å². The lowest BCUT2D eigenvalue weighted by Gasteiger charge is -2.07. The molecule has 28 heavy (non-hydrogen) atoms. The largest absolute Gasteiger partial charge is 0.508 e. The van der Waals surface area contributed by atoms with Gasteiger partial charge in [0, 0.05) is 11.1 Å². The molecule has 138 valence electrons. The maximum absolute atomic E-state index is 13.9. The Labute approximate surface area is 167 Å². The van der Waals surface area contributed by atoms with Crippen LogP contribution in [0.4, 0.5) is 14.5 Å². The Morgan fingerprint density at radius 2 is 1.57 bits per heavy atom. The highest BCUT2D eigenvalue weighted by atomic mass is 32.1. The molecule has 0 aliphatic rings. The standard InChI is InChI=1S/C23H15F2NOS/c1-2-16-13-19(18-7-9-20(27)10-8-18)6-5-17(16)4-3-15-11-21(24)23(26-14-28)22(25)12-15/h5-13,27H,2H2,1H3. The number of aromatic hydroxyl groups is 1. The van der Waals surface area contributed by atoms with E-state index in [0.29, 0.717) is 0 Å². The van der Waals surface area contributed by atoms with E-state index in [0.717, 1.165) is 40.8 Å². The number of rotatable bonds is 3. The van der Waals surface area contributed by atoms with Crippen molar-refractivity contribution in [2.24, 2.45) is 4.99 Å². The number of isothiocyanates is 1. The van der Waals surface area contributed by atoms with E-state index in [1.807, 2.05) is 42.4 Å². The molecule has 0 aromatic heterocycles. The molecule has 0 atom stereocenters. The molecule has 3 rings (SSSR count). The van der Waals surface area contributed by atoms with Gasteiger partial charge in [0.15, 0.2) is 11.6 Å². The summed E-state index contributed by atoms with van der Waals surface area (Å²) in [5.41, 5.74) is 3.52. The van der Waals surface area contributed by atoms with Gasteiger partial charge in [-0.25, -0.2) is 8.78 Å². The minimum Gasteiger partial charge on any atom is -0.508 e. The van der Waals surface area contributed by atoms with Crippen molar-refractivity contribution in [3.05, 3.63) is 82.9 Å². The minimum absolute atomic E-state index is 0.211. The summed E-state index contributed by atoms with van der Waals surface area (Å²) in [5, 5.41) is 11.4. The molecule has 0 amide bonds. The average Bonchev–Trinajstić information content (AvgIpc) is 2.69. The number of thiocarbonyl (C=S) groups is 1. The van der Waals surface area contributed by atoms with Crippen LogP contribution in [-0.4, -0.2) is 10.3 Å². The molecule has 2 nitrogen and oxygen atoms in total. The van der Waals surface area contributed by atoms with Crippen molar-refractivity contribution < 1.29 is 13.9 Å². The van der Waals surface area contributed by atoms with Gasteiger partial charge in [-0.1, -0.05) is 37.0 Å². The van der Waals surface area contributed by atoms with Gasteiger partial charge in [-0.05, 0) is 71.7 Å². The first-order valence-electron chi connectivity index (χ1n) is 8.53. The lowest BCUT2D eigenvalue weighted by molar-refractivity contribution is 0.475. The van der Waals surface area contributed by atoms with Crippen LogP contribution in [0.1, 0.15) is 23.6 Å². The minimum atomic E-state index is -0.833. The van der Waals surface area contributed by atoms with Crippen molar-refractivity contribution in [1.82, 2.24) is 0 Å². The van der Waals surface area contributed by atoms with Gasteiger partial charge in [-0.3, -0.25) is 0 Å². The third kappa shape index (κ3) is 4.32. The van der Waals surface area contributed by atoms with Crippen molar-refractivity contribution >= 4 is 23.1 Å². The van der Waals surface area contributed by atoms with Crippen LogP contribution < -0.4 is 0 Å². The van der Waals surface area contributed by atoms with Crippen LogP contribution in [0.25, 0.3) is 11.1 Å². The molecular formula is C23H15F2NOS. The summed E-state index contributed by atoms with van der Waals surface area (Å²) in [7, 11) is 0. The molecule has 1 N–H and O–H groups in total. The normalized spacial score (nSPS) is 9.96. The second kappa shape index (κ2) is 8.58. The first kappa shape index (κ1) is 19.4. The molecule has 0 bridgehead atoms. The summed E-state index contributed by atoms with van der Waals surface area (Å²) in [5.74, 6) is 4.33. The molecule has 0 saturated carbocycles. The van der Waals surface area contributed by atoms with E-state index in [1.54, 1.807) is 12.1 Å². The van der Waals surface area contributed by atoms with Crippen molar-refractivity contribution in [3.63, 3.8) is 0 Å². The molecule has 0 radical (unpaired) electrons. The Hall–Kier alpha value is -3.32. The van der Waals surface area contributed by atoms with E-state index < -0.39 is 17.3 Å². The molecule has 0 unspecified atom stereocenters. The second-order valence-corrected chi connectivity index (χ2v) is 6.20. The summed E-state index contributed by atoms with van der Waals surface area (Å²) in [4.78, 5) is 3.39. The number of halogens is 2. The summed E-state index contributed by atoms with van der Waals surface area (Å²) in [6.07, 6.45) is 0.751. The number of phenols is 1. The zero-order chi connectivity index (χ0) is 20.1. The van der Waals surface area contributed by atoms with Gasteiger partial charge < -0.3 is 5.11 Å². The predicted octanol–water partition coefficient (Wildman–Crippen LogP) is 6.03. The predicted molar refractivity (Wildman–Crippen MR) is 110 cm³/mol. The SMILES string of the molecule is CCc1cc(-c2ccc(O)cc2)ccc1C#Cc1cc(F)c(N=C=S)c(F)c1. The number of benzene rings is 3. The molecule has 0 fully saturated rings. The van der Waals surface area contributed by atoms with Gasteiger partial charge in [0.2, 0.25) is 0 Å². The first-order chi connectivity index (χ1) is 13.5. The van der Waals surface area contributed by atoms with Gasteiger partial charge in [0.1, 0.15) is 11.4 Å². The number of hydrogen-bond donors (Lipinski definition) is 1. The number of phenolic OH excluding ortho intramolecular Hbond substituents is 1. The topological polar surface area (TPSA) is 32.6 Å². The Morgan fingerprint density at radius 1 is 0.929 bits per heavy atom. The second-order valence-electron chi connectivity index (χ2n) is 6.01. The lowest BCUT2D eigenvalue weighted by atomic mass is 9.97. The van der Waals surface area contributed by atoms with Crippen LogP contribution in [0.5, 0.6) is 5.75 Å². The van der Waals surface area contributed by atoms with E-state index in [-0.39, 0.29) is 11.3 Å². The van der Waals surface area contributed by atoms with Crippen LogP contribution in [0.15, 0.2) is 59.6 Å². The van der Waals surface area contributed by atoms with Crippen LogP contribution in [0.3, 0.4) is 0 Å². The van der Waals surface area contributed by atoms with Gasteiger partial charge in [-0.2, -0.15) is 4.99 Å². The molecule has 5 heteroatoms. The summed E-state index contributed by atoms with van der Waals surface area (Å²) in [6.45, 7) is 2.01. The third-order valence-corrected chi connectivity index (χ3v) is 4.29. The zero-order valence-electron chi connectivity index (χ0n) is 15.0. The average molecular weight is 391 g/mol. The number of aliphatic imine (C=N–C) groups is 1. The van der Waals surface area contributed by atoms with Crippen molar-refractivity contribution in [3.8, 4) is 28.7 Å². The quantitative estimate of drug-likeness (QED) is 0.336. The number of hydrogen-bond acceptors (Lipinski definition) is 3. The highest BCUT2D eigenvalue weighted by Gasteiger charge is 2.09. The van der Waals surface area contributed by atoms with Crippen LogP contribution in [0.2, 0.25) is 0 Å². The summed E-state index contributed by atoms with van der Waals surface area (Å²) >= 11 is 4.39. The maximum atomic E-state index is 13.9. The van der Waals surface area contributed by atoms with Crippen LogP contribution >= 0.6 is 12.2 Å². The van der Waals surface area contributed by atoms with Crippen LogP contribution in [-0.2, 0) is 6.42 Å². The molecule has 0 aliphatic heterocycles. The number of aryl methyl sites for hydroxylation is 1. The number of nitrogens with zero attached hydrogens (tertiary/aromatic N) is 1. The summed E-state index contributed by atoms with van der Waals surface area (Å²) in [6, 6.07) is 15.0. The smallest absolute Gasteiger partial charge is 0.153 e. The van der Waals surface area contributed by atoms with Gasteiger partial charge in [0.05, 0.1) is 5.16 Å². The van der Waals surface area contributed by atoms with Gasteiger partial charge in [0.25, 0.3) is 0 Å². The van der Waals surface area contributed by atoms with E-state index in [9.17, 15) is 13.9 Å². The van der Waals surface area contributed by atoms with Crippen LogP contribution in [0, 0.1) is 23.5 Å². The molecule has 3 aromatic carbocycles. The van der Waals surface area contributed by atoms with Gasteiger partial charge >= 0.3 is 0 Å². The molecule has 3 aromatic rings.